The van der Waals surface area contributed by atoms with Gasteiger partial charge in [-0.3, -0.25) is 38.1 Å². The predicted octanol–water partition coefficient (Wildman–Crippen LogP) is 0.879. The molecule has 392 valence electrons. The van der Waals surface area contributed by atoms with Crippen LogP contribution in [0.2, 0.25) is 0 Å². The number of allylic oxidation sites excluding steroid dienone is 6. The van der Waals surface area contributed by atoms with Crippen molar-refractivity contribution in [2.24, 2.45) is 17.1 Å². The number of carbonyl (C=O) groups excluding carboxylic acids is 9. The molecular weight excluding hydrogens is 939 g/mol. The third-order valence-corrected chi connectivity index (χ3v) is 10.5. The van der Waals surface area contributed by atoms with Gasteiger partial charge in [-0.2, -0.15) is 8.42 Å². The van der Waals surface area contributed by atoms with Crippen molar-refractivity contribution in [1.82, 2.24) is 41.9 Å². The van der Waals surface area contributed by atoms with Crippen molar-refractivity contribution in [2.75, 3.05) is 33.3 Å². The van der Waals surface area contributed by atoms with Gasteiger partial charge in [-0.25, -0.2) is 14.3 Å². The van der Waals surface area contributed by atoms with Gasteiger partial charge in [0.25, 0.3) is 5.91 Å². The lowest BCUT2D eigenvalue weighted by molar-refractivity contribution is -0.175. The van der Waals surface area contributed by atoms with E-state index in [4.69, 9.17) is 24.5 Å². The van der Waals surface area contributed by atoms with Crippen LogP contribution in [0.5, 0.6) is 0 Å². The second-order valence-corrected chi connectivity index (χ2v) is 17.8. The van der Waals surface area contributed by atoms with Gasteiger partial charge in [0.1, 0.15) is 36.5 Å². The van der Waals surface area contributed by atoms with Gasteiger partial charge >= 0.3 is 34.3 Å². The molecule has 9 amide bonds. The summed E-state index contributed by atoms with van der Waals surface area (Å²) in [5.41, 5.74) is 3.31. The first-order chi connectivity index (χ1) is 32.9. The fraction of sp³-hybridized carbons (Fsp3) is 0.578. The maximum Gasteiger partial charge on any atom is 0.361 e. The van der Waals surface area contributed by atoms with Crippen LogP contribution in [0.25, 0.3) is 0 Å². The molecule has 25 heteroatoms. The summed E-state index contributed by atoms with van der Waals surface area (Å²) in [6.07, 6.45) is 15.8. The van der Waals surface area contributed by atoms with E-state index >= 15 is 0 Å². The molecule has 0 bridgehead atoms. The summed E-state index contributed by atoms with van der Waals surface area (Å²) in [4.78, 5) is 118. The quantitative estimate of drug-likeness (QED) is 0.0214. The Balaban J connectivity index is 3.67. The molecule has 1 aliphatic heterocycles. The summed E-state index contributed by atoms with van der Waals surface area (Å²) in [6.45, 7) is 7.71. The summed E-state index contributed by atoms with van der Waals surface area (Å²) in [7, 11) is -3.45. The van der Waals surface area contributed by atoms with Gasteiger partial charge in [0.15, 0.2) is 0 Å². The van der Waals surface area contributed by atoms with Crippen molar-refractivity contribution in [3.05, 3.63) is 60.4 Å². The highest BCUT2D eigenvalue weighted by molar-refractivity contribution is 7.84. The number of nitrogens with one attached hydrogen (secondary N) is 8. The second kappa shape index (κ2) is 32.3. The van der Waals surface area contributed by atoms with E-state index in [2.05, 4.69) is 56.3 Å². The van der Waals surface area contributed by atoms with Gasteiger partial charge in [0.2, 0.25) is 23.6 Å². The number of hydrogen-bond acceptors (Lipinski definition) is 14. The lowest BCUT2D eigenvalue weighted by atomic mass is 9.83. The minimum absolute atomic E-state index is 0.0718. The fourth-order valence-electron chi connectivity index (χ4n) is 6.08. The number of rotatable bonds is 19. The van der Waals surface area contributed by atoms with Crippen molar-refractivity contribution in [3.8, 4) is 0 Å². The average molecular weight is 1010 g/mol. The Morgan fingerprint density at radius 3 is 2.26 bits per heavy atom. The zero-order valence-electron chi connectivity index (χ0n) is 40.8. The highest BCUT2D eigenvalue weighted by Gasteiger charge is 2.43. The lowest BCUT2D eigenvalue weighted by Gasteiger charge is -2.34. The van der Waals surface area contributed by atoms with E-state index in [0.29, 0.717) is 6.42 Å². The molecule has 1 heterocycles. The molecule has 0 aliphatic carbocycles. The molecule has 70 heavy (non-hydrogen) atoms. The molecule has 0 aromatic carbocycles. The Kier molecular flexibility index (Phi) is 28.3. The van der Waals surface area contributed by atoms with Crippen molar-refractivity contribution in [1.29, 1.82) is 0 Å². The summed E-state index contributed by atoms with van der Waals surface area (Å²) in [5, 5.41) is 16.1. The molecule has 5 atom stereocenters. The molecule has 24 nitrogen and oxygen atoms in total. The summed E-state index contributed by atoms with van der Waals surface area (Å²) in [6, 6.07) is -5.41. The monoisotopic (exact) mass is 1010 g/mol. The van der Waals surface area contributed by atoms with Gasteiger partial charge in [-0.05, 0) is 57.9 Å². The van der Waals surface area contributed by atoms with Crippen molar-refractivity contribution < 1.29 is 70.3 Å². The summed E-state index contributed by atoms with van der Waals surface area (Å²) in [5.74, 6) is -7.02. The number of amides is 9. The number of unbranched alkanes of at least 4 members (excludes halogenated alkanes) is 2. The first kappa shape index (κ1) is 61.4. The van der Waals surface area contributed by atoms with Crippen molar-refractivity contribution in [3.63, 3.8) is 0 Å². The van der Waals surface area contributed by atoms with Crippen LogP contribution >= 0.6 is 0 Å². The number of nitrogens with two attached hydrogens (primary N) is 1. The van der Waals surface area contributed by atoms with Gasteiger partial charge in [-0.1, -0.05) is 83.1 Å². The Morgan fingerprint density at radius 2 is 1.63 bits per heavy atom. The molecular formula is C45H71N9O15S. The van der Waals surface area contributed by atoms with E-state index < -0.39 is 125 Å². The molecule has 1 rings (SSSR count). The van der Waals surface area contributed by atoms with Crippen molar-refractivity contribution >= 4 is 63.8 Å². The zero-order chi connectivity index (χ0) is 52.9. The maximum atomic E-state index is 14.1. The minimum Gasteiger partial charge on any atom is -0.460 e. The number of primary amides is 1. The molecule has 0 fully saturated rings. The molecule has 0 aromatic rings. The Morgan fingerprint density at radius 1 is 0.943 bits per heavy atom. The van der Waals surface area contributed by atoms with Crippen LogP contribution in [0, 0.1) is 11.3 Å². The number of urea groups is 2. The largest absolute Gasteiger partial charge is 0.460 e. The van der Waals surface area contributed by atoms with Crippen LogP contribution in [-0.4, -0.2) is 130 Å². The Hall–Kier alpha value is -6.60. The maximum absolute atomic E-state index is 14.1. The van der Waals surface area contributed by atoms with Crippen LogP contribution in [-0.2, 0) is 58.1 Å². The van der Waals surface area contributed by atoms with E-state index in [9.17, 15) is 51.6 Å². The lowest BCUT2D eigenvalue weighted by Crippen LogP contribution is -2.56. The van der Waals surface area contributed by atoms with E-state index in [1.165, 1.54) is 37.8 Å². The number of carbonyl (C=O) groups is 9. The summed E-state index contributed by atoms with van der Waals surface area (Å²) >= 11 is 0. The normalized spacial score (nSPS) is 22.2. The third kappa shape index (κ3) is 25.7. The first-order valence-electron chi connectivity index (χ1n) is 22.8. The van der Waals surface area contributed by atoms with E-state index in [-0.39, 0.29) is 37.9 Å². The number of hydrogen-bond donors (Lipinski definition) is 10. The fourth-order valence-corrected chi connectivity index (χ4v) is 6.38. The molecule has 11 N–H and O–H groups in total. The highest BCUT2D eigenvalue weighted by Crippen LogP contribution is 2.31. The van der Waals surface area contributed by atoms with Crippen LogP contribution in [0.15, 0.2) is 60.4 Å². The Labute approximate surface area is 409 Å². The average Bonchev–Trinajstić information content (AvgIpc) is 3.28. The van der Waals surface area contributed by atoms with Crippen LogP contribution < -0.4 is 47.7 Å². The van der Waals surface area contributed by atoms with E-state index in [1.54, 1.807) is 32.9 Å². The topological polar surface area (TPSA) is 358 Å². The van der Waals surface area contributed by atoms with Crippen LogP contribution in [0.3, 0.4) is 0 Å². The van der Waals surface area contributed by atoms with Gasteiger partial charge < -0.3 is 57.2 Å². The third-order valence-electron chi connectivity index (χ3n) is 10.1. The molecule has 0 aromatic heterocycles. The van der Waals surface area contributed by atoms with Gasteiger partial charge in [0, 0.05) is 32.7 Å². The molecule has 0 unspecified atom stereocenters. The highest BCUT2D eigenvalue weighted by atomic mass is 32.2. The molecule has 0 spiro atoms. The van der Waals surface area contributed by atoms with E-state index in [1.807, 2.05) is 12.2 Å². The Bertz CT molecular complexity index is 2070. The number of ether oxygens (including phenoxy) is 3. The first-order valence-corrected chi connectivity index (χ1v) is 24.2. The standard InChI is InChI=1S/C45H71N9O15S/c1-8-10-11-12-13-14-15-16-17-20-30(67-7)25-35-45(5,6)42(61)68-34(29(3)4)22-23-36(55)51-31(19-9-2)41(60)53-32(21-18-24-47-44(63)54-70(64,65)66)39(58)48-27-37(56)52-33(26-50-43(46)62)40(59)49-28-38(57)69-35/h12-13,15-17,19-20,22-23,29-30,32-35H,8-11,14,18,21,24-28H2,1-7H3,(H,48,58)(H,49,59)(H,51,55)(H,52,56)(H,53,60)(H3,46,50,62)(H2,47,54,63)(H,64,65,66)/b13-12-,16-15+,20-17+,23-22+,31-19+/t30-,32+,33-,34+,35-/m0/s1. The second-order valence-electron chi connectivity index (χ2n) is 16.7. The van der Waals surface area contributed by atoms with E-state index in [0.717, 1.165) is 25.3 Å². The van der Waals surface area contributed by atoms with Gasteiger partial charge in [-0.15, -0.1) is 0 Å². The van der Waals surface area contributed by atoms with Crippen molar-refractivity contribution in [2.45, 2.75) is 123 Å². The SMILES string of the molecule is CC/C=C1/NC(=O)/C=C/[C@H](C(C)C)OC(=O)C(C)(C)[C@H](C[C@H](/C=C/C=C/C/C=C\CCCC)OC)OC(=O)CNC(=O)[C@H](CNC(N)=O)NC(=O)CNC(=O)[C@@H](CCCNC(=O)NS(=O)(=O)O)NC1=O. The van der Waals surface area contributed by atoms with Crippen LogP contribution in [0.1, 0.15) is 92.9 Å². The summed E-state index contributed by atoms with van der Waals surface area (Å²) < 4.78 is 49.5. The van der Waals surface area contributed by atoms with Crippen LogP contribution in [0.4, 0.5) is 9.59 Å². The molecule has 0 radical (unpaired) electrons. The number of methoxy groups -OCH3 is 1. The predicted molar refractivity (Wildman–Crippen MR) is 256 cm³/mol. The minimum atomic E-state index is -4.88. The molecule has 0 saturated carbocycles. The van der Waals surface area contributed by atoms with Gasteiger partial charge in [0.05, 0.1) is 18.1 Å². The number of cyclic esters (lactones) is 2. The number of esters is 2. The molecule has 1 aliphatic rings. The zero-order valence-corrected chi connectivity index (χ0v) is 41.6. The smallest absolute Gasteiger partial charge is 0.361 e. The molecule has 0 saturated heterocycles.